The van der Waals surface area contributed by atoms with Crippen LogP contribution in [0.4, 0.5) is 0 Å². The first kappa shape index (κ1) is 12.9. The largest absolute Gasteiger partial charge is 0.478 e. The number of carboxylic acids is 1. The van der Waals surface area contributed by atoms with Crippen molar-refractivity contribution < 1.29 is 14.7 Å². The van der Waals surface area contributed by atoms with Crippen LogP contribution in [0.3, 0.4) is 0 Å². The number of aliphatic carboxylic acids is 1. The van der Waals surface area contributed by atoms with Crippen molar-refractivity contribution in [1.29, 1.82) is 0 Å². The highest BCUT2D eigenvalue weighted by Crippen LogP contribution is 2.14. The lowest BCUT2D eigenvalue weighted by atomic mass is 10.0. The fourth-order valence-electron chi connectivity index (χ4n) is 1.43. The molecule has 0 amide bonds. The predicted octanol–water partition coefficient (Wildman–Crippen LogP) is 2.93. The first-order chi connectivity index (χ1) is 8.15. The molecule has 17 heavy (non-hydrogen) atoms. The lowest BCUT2D eigenvalue weighted by molar-refractivity contribution is -0.131. The van der Waals surface area contributed by atoms with Gasteiger partial charge in [-0.15, -0.1) is 6.58 Å². The van der Waals surface area contributed by atoms with Gasteiger partial charge in [0.05, 0.1) is 0 Å². The van der Waals surface area contributed by atoms with Gasteiger partial charge in [-0.25, -0.2) is 4.79 Å². The molecule has 1 aromatic carbocycles. The average molecular weight is 230 g/mol. The zero-order valence-electron chi connectivity index (χ0n) is 9.43. The Morgan fingerprint density at radius 1 is 1.29 bits per heavy atom. The summed E-state index contributed by atoms with van der Waals surface area (Å²) in [7, 11) is 0. The van der Waals surface area contributed by atoms with E-state index in [0.29, 0.717) is 24.0 Å². The Kier molecular flexibility index (Phi) is 4.88. The summed E-state index contributed by atoms with van der Waals surface area (Å²) in [6.45, 7) is 3.56. The maximum atomic E-state index is 11.8. The molecule has 0 heterocycles. The second kappa shape index (κ2) is 6.43. The standard InChI is InChI=1S/C14H14O3/c1-2-3-8-13(15)12-7-5-4-6-11(12)9-10-14(16)17/h2,4-7,9-10H,1,3,8H2,(H,16,17)/b10-9+. The first-order valence-corrected chi connectivity index (χ1v) is 5.29. The SMILES string of the molecule is C=CCCC(=O)c1ccccc1/C=C/C(=O)O. The van der Waals surface area contributed by atoms with Crippen molar-refractivity contribution in [2.24, 2.45) is 0 Å². The van der Waals surface area contributed by atoms with Crippen molar-refractivity contribution in [3.8, 4) is 0 Å². The Morgan fingerprint density at radius 2 is 2.00 bits per heavy atom. The van der Waals surface area contributed by atoms with Crippen molar-refractivity contribution in [2.75, 3.05) is 0 Å². The number of hydrogen-bond donors (Lipinski definition) is 1. The van der Waals surface area contributed by atoms with E-state index in [9.17, 15) is 9.59 Å². The number of benzene rings is 1. The first-order valence-electron chi connectivity index (χ1n) is 5.29. The van der Waals surface area contributed by atoms with Crippen LogP contribution in [0.1, 0.15) is 28.8 Å². The molecule has 0 atom stereocenters. The third kappa shape index (κ3) is 4.07. The Labute approximate surface area is 100 Å². The van der Waals surface area contributed by atoms with Crippen LogP contribution in [0, 0.1) is 0 Å². The molecule has 1 aromatic rings. The van der Waals surface area contributed by atoms with Gasteiger partial charge < -0.3 is 5.11 Å². The average Bonchev–Trinajstić information content (AvgIpc) is 2.33. The van der Waals surface area contributed by atoms with Crippen LogP contribution in [-0.4, -0.2) is 16.9 Å². The minimum atomic E-state index is -1.03. The van der Waals surface area contributed by atoms with Crippen LogP contribution in [0.15, 0.2) is 43.0 Å². The monoisotopic (exact) mass is 230 g/mol. The normalized spacial score (nSPS) is 10.4. The zero-order chi connectivity index (χ0) is 12.7. The van der Waals surface area contributed by atoms with Gasteiger partial charge >= 0.3 is 5.97 Å². The number of carbonyl (C=O) groups excluding carboxylic acids is 1. The number of Topliss-reactive ketones (excluding diaryl/α,β-unsaturated/α-hetero) is 1. The van der Waals surface area contributed by atoms with Gasteiger partial charge in [-0.1, -0.05) is 30.3 Å². The second-order valence-electron chi connectivity index (χ2n) is 3.51. The molecule has 3 nitrogen and oxygen atoms in total. The molecule has 3 heteroatoms. The van der Waals surface area contributed by atoms with E-state index in [4.69, 9.17) is 5.11 Å². The van der Waals surface area contributed by atoms with Gasteiger partial charge in [0.15, 0.2) is 5.78 Å². The highest BCUT2D eigenvalue weighted by Gasteiger charge is 2.08. The third-order valence-corrected chi connectivity index (χ3v) is 2.24. The van der Waals surface area contributed by atoms with Crippen molar-refractivity contribution >= 4 is 17.8 Å². The third-order valence-electron chi connectivity index (χ3n) is 2.24. The number of carbonyl (C=O) groups is 2. The molecule has 0 bridgehead atoms. The summed E-state index contributed by atoms with van der Waals surface area (Å²) < 4.78 is 0. The summed E-state index contributed by atoms with van der Waals surface area (Å²) in [6, 6.07) is 6.96. The smallest absolute Gasteiger partial charge is 0.328 e. The van der Waals surface area contributed by atoms with E-state index >= 15 is 0 Å². The van der Waals surface area contributed by atoms with E-state index in [0.717, 1.165) is 6.08 Å². The zero-order valence-corrected chi connectivity index (χ0v) is 9.43. The van der Waals surface area contributed by atoms with Gasteiger partial charge in [-0.3, -0.25) is 4.79 Å². The van der Waals surface area contributed by atoms with Crippen molar-refractivity contribution in [2.45, 2.75) is 12.8 Å². The topological polar surface area (TPSA) is 54.4 Å². The second-order valence-corrected chi connectivity index (χ2v) is 3.51. The molecule has 0 aliphatic rings. The predicted molar refractivity (Wildman–Crippen MR) is 66.9 cm³/mol. The molecule has 0 radical (unpaired) electrons. The van der Waals surface area contributed by atoms with Gasteiger partial charge in [0.2, 0.25) is 0 Å². The van der Waals surface area contributed by atoms with Crippen molar-refractivity contribution in [1.82, 2.24) is 0 Å². The van der Waals surface area contributed by atoms with Crippen LogP contribution in [-0.2, 0) is 4.79 Å². The van der Waals surface area contributed by atoms with Gasteiger partial charge in [-0.05, 0) is 18.1 Å². The van der Waals surface area contributed by atoms with E-state index < -0.39 is 5.97 Å². The summed E-state index contributed by atoms with van der Waals surface area (Å²) in [4.78, 5) is 22.3. The number of rotatable bonds is 6. The number of ketones is 1. The van der Waals surface area contributed by atoms with Crippen LogP contribution in [0.5, 0.6) is 0 Å². The van der Waals surface area contributed by atoms with Crippen molar-refractivity contribution in [3.63, 3.8) is 0 Å². The molecule has 1 rings (SSSR count). The lowest BCUT2D eigenvalue weighted by Crippen LogP contribution is -2.01. The molecule has 0 saturated carbocycles. The molecule has 0 spiro atoms. The molecular weight excluding hydrogens is 216 g/mol. The van der Waals surface area contributed by atoms with E-state index in [1.165, 1.54) is 6.08 Å². The highest BCUT2D eigenvalue weighted by atomic mass is 16.4. The highest BCUT2D eigenvalue weighted by molar-refractivity contribution is 6.00. The Balaban J connectivity index is 2.94. The van der Waals surface area contributed by atoms with Crippen LogP contribution < -0.4 is 0 Å². The van der Waals surface area contributed by atoms with Crippen LogP contribution >= 0.6 is 0 Å². The minimum absolute atomic E-state index is 0.00413. The van der Waals surface area contributed by atoms with Crippen molar-refractivity contribution in [3.05, 3.63) is 54.1 Å². The lowest BCUT2D eigenvalue weighted by Gasteiger charge is -2.03. The Hall–Kier alpha value is -2.16. The maximum absolute atomic E-state index is 11.8. The molecule has 1 N–H and O–H groups in total. The van der Waals surface area contributed by atoms with Crippen LogP contribution in [0.2, 0.25) is 0 Å². The van der Waals surface area contributed by atoms with Gasteiger partial charge in [0.25, 0.3) is 0 Å². The molecule has 0 aliphatic carbocycles. The molecule has 0 saturated heterocycles. The van der Waals surface area contributed by atoms with Gasteiger partial charge in [0, 0.05) is 18.1 Å². The Morgan fingerprint density at radius 3 is 2.65 bits per heavy atom. The Bertz CT molecular complexity index is 458. The molecule has 0 unspecified atom stereocenters. The number of allylic oxidation sites excluding steroid dienone is 1. The minimum Gasteiger partial charge on any atom is -0.478 e. The molecular formula is C14H14O3. The summed E-state index contributed by atoms with van der Waals surface area (Å²) in [6.07, 6.45) is 5.16. The number of carboxylic acid groups (broad SMARTS) is 1. The summed E-state index contributed by atoms with van der Waals surface area (Å²) in [5, 5.41) is 8.56. The van der Waals surface area contributed by atoms with Gasteiger partial charge in [0.1, 0.15) is 0 Å². The van der Waals surface area contributed by atoms with E-state index in [1.807, 2.05) is 0 Å². The fraction of sp³-hybridized carbons (Fsp3) is 0.143. The van der Waals surface area contributed by atoms with Crippen LogP contribution in [0.25, 0.3) is 6.08 Å². The molecule has 0 aliphatic heterocycles. The summed E-state index contributed by atoms with van der Waals surface area (Å²) >= 11 is 0. The fourth-order valence-corrected chi connectivity index (χ4v) is 1.43. The number of hydrogen-bond acceptors (Lipinski definition) is 2. The summed E-state index contributed by atoms with van der Waals surface area (Å²) in [5.74, 6) is -1.03. The summed E-state index contributed by atoms with van der Waals surface area (Å²) in [5.41, 5.74) is 1.18. The van der Waals surface area contributed by atoms with E-state index in [1.54, 1.807) is 30.3 Å². The van der Waals surface area contributed by atoms with E-state index in [-0.39, 0.29) is 5.78 Å². The molecule has 88 valence electrons. The van der Waals surface area contributed by atoms with E-state index in [2.05, 4.69) is 6.58 Å². The molecule has 0 aromatic heterocycles. The maximum Gasteiger partial charge on any atom is 0.328 e. The quantitative estimate of drug-likeness (QED) is 0.464. The molecule has 0 fully saturated rings. The van der Waals surface area contributed by atoms with Gasteiger partial charge in [-0.2, -0.15) is 0 Å².